The highest BCUT2D eigenvalue weighted by Crippen LogP contribution is 2.60. The fourth-order valence-corrected chi connectivity index (χ4v) is 6.42. The maximum Gasteiger partial charge on any atom is 0.226 e. The summed E-state index contributed by atoms with van der Waals surface area (Å²) in [5.74, 6) is 3.77. The van der Waals surface area contributed by atoms with Crippen LogP contribution >= 0.6 is 0 Å². The Kier molecular flexibility index (Phi) is 3.52. The number of nitrogens with one attached hydrogen (secondary N) is 1. The van der Waals surface area contributed by atoms with E-state index in [0.717, 1.165) is 50.0 Å². The quantitative estimate of drug-likeness (QED) is 0.836. The van der Waals surface area contributed by atoms with Gasteiger partial charge in [0.2, 0.25) is 5.91 Å². The van der Waals surface area contributed by atoms with Crippen molar-refractivity contribution in [3.8, 4) is 0 Å². The Morgan fingerprint density at radius 2 is 1.57 bits per heavy atom. The molecule has 1 amide bonds. The molecule has 5 rings (SSSR count). The minimum Gasteiger partial charge on any atom is -0.396 e. The third kappa shape index (κ3) is 2.42. The predicted molar refractivity (Wildman–Crippen MR) is 81.5 cm³/mol. The molecule has 5 fully saturated rings. The Hall–Kier alpha value is -0.570. The molecule has 0 radical (unpaired) electrons. The molecule has 3 heteroatoms. The molecule has 0 aromatic heterocycles. The maximum atomic E-state index is 12.9. The van der Waals surface area contributed by atoms with Gasteiger partial charge in [0.05, 0.1) is 0 Å². The van der Waals surface area contributed by atoms with Crippen molar-refractivity contribution in [1.29, 1.82) is 0 Å². The van der Waals surface area contributed by atoms with Crippen LogP contribution in [0.15, 0.2) is 0 Å². The van der Waals surface area contributed by atoms with Gasteiger partial charge in [-0.05, 0) is 81.0 Å². The van der Waals surface area contributed by atoms with E-state index >= 15 is 0 Å². The van der Waals surface area contributed by atoms with Crippen LogP contribution in [0, 0.1) is 35.0 Å². The Bertz CT molecular complexity index is 384. The minimum absolute atomic E-state index is 0.0118. The standard InChI is InChI=1S/C18H29NO2/c20-11-16-3-1-2-15(16)10-19-17(21)18-7-12-4-13(8-18)6-14(5-12)9-18/h12-16,20H,1-11H2,(H,19,21). The molecule has 3 nitrogen and oxygen atoms in total. The van der Waals surface area contributed by atoms with Gasteiger partial charge < -0.3 is 10.4 Å². The topological polar surface area (TPSA) is 49.3 Å². The van der Waals surface area contributed by atoms with Gasteiger partial charge >= 0.3 is 0 Å². The van der Waals surface area contributed by atoms with E-state index in [4.69, 9.17) is 0 Å². The summed E-state index contributed by atoms with van der Waals surface area (Å²) in [7, 11) is 0. The van der Waals surface area contributed by atoms with Crippen molar-refractivity contribution in [3.63, 3.8) is 0 Å². The van der Waals surface area contributed by atoms with Crippen molar-refractivity contribution in [3.05, 3.63) is 0 Å². The number of aliphatic hydroxyl groups excluding tert-OH is 1. The fourth-order valence-electron chi connectivity index (χ4n) is 6.42. The lowest BCUT2D eigenvalue weighted by Crippen LogP contribution is -2.54. The zero-order valence-electron chi connectivity index (χ0n) is 13.0. The van der Waals surface area contributed by atoms with Gasteiger partial charge in [0.25, 0.3) is 0 Å². The lowest BCUT2D eigenvalue weighted by atomic mass is 9.49. The smallest absolute Gasteiger partial charge is 0.226 e. The van der Waals surface area contributed by atoms with Crippen LogP contribution in [0.5, 0.6) is 0 Å². The van der Waals surface area contributed by atoms with Gasteiger partial charge in [0.1, 0.15) is 0 Å². The third-order valence-corrected chi connectivity index (χ3v) is 7.10. The van der Waals surface area contributed by atoms with Crippen LogP contribution in [-0.4, -0.2) is 24.2 Å². The molecular weight excluding hydrogens is 262 g/mol. The number of hydrogen-bond donors (Lipinski definition) is 2. The minimum atomic E-state index is -0.0118. The zero-order valence-corrected chi connectivity index (χ0v) is 13.0. The van der Waals surface area contributed by atoms with E-state index in [2.05, 4.69) is 5.32 Å². The average molecular weight is 291 g/mol. The van der Waals surface area contributed by atoms with Crippen molar-refractivity contribution in [2.24, 2.45) is 35.0 Å². The first-order valence-corrected chi connectivity index (χ1v) is 9.08. The molecule has 5 saturated carbocycles. The van der Waals surface area contributed by atoms with Crippen molar-refractivity contribution in [2.75, 3.05) is 13.2 Å². The van der Waals surface area contributed by atoms with E-state index in [1.165, 1.54) is 32.1 Å². The second kappa shape index (κ2) is 5.26. The van der Waals surface area contributed by atoms with Gasteiger partial charge in [-0.15, -0.1) is 0 Å². The lowest BCUT2D eigenvalue weighted by Gasteiger charge is -2.55. The van der Waals surface area contributed by atoms with Crippen LogP contribution in [0.2, 0.25) is 0 Å². The summed E-state index contributed by atoms with van der Waals surface area (Å²) < 4.78 is 0. The molecule has 4 bridgehead atoms. The van der Waals surface area contributed by atoms with Gasteiger partial charge in [-0.2, -0.15) is 0 Å². The van der Waals surface area contributed by atoms with Crippen LogP contribution in [-0.2, 0) is 4.79 Å². The van der Waals surface area contributed by atoms with Gasteiger partial charge in [0.15, 0.2) is 0 Å². The summed E-state index contributed by atoms with van der Waals surface area (Å²) >= 11 is 0. The van der Waals surface area contributed by atoms with Crippen LogP contribution in [0.4, 0.5) is 0 Å². The Labute approximate surface area is 127 Å². The van der Waals surface area contributed by atoms with Gasteiger partial charge in [-0.1, -0.05) is 6.42 Å². The molecule has 0 spiro atoms. The second-order valence-electron chi connectivity index (χ2n) is 8.54. The zero-order chi connectivity index (χ0) is 14.4. The highest BCUT2D eigenvalue weighted by atomic mass is 16.3. The largest absolute Gasteiger partial charge is 0.396 e. The summed E-state index contributed by atoms with van der Waals surface area (Å²) in [6.07, 6.45) is 11.1. The fraction of sp³-hybridized carbons (Fsp3) is 0.944. The van der Waals surface area contributed by atoms with E-state index in [-0.39, 0.29) is 12.0 Å². The predicted octanol–water partition coefficient (Wildman–Crippen LogP) is 2.73. The van der Waals surface area contributed by atoms with E-state index < -0.39 is 0 Å². The van der Waals surface area contributed by atoms with E-state index in [0.29, 0.717) is 17.7 Å². The molecule has 0 aromatic rings. The third-order valence-electron chi connectivity index (χ3n) is 7.10. The number of amides is 1. The normalized spacial score (nSPS) is 47.8. The molecule has 0 aliphatic heterocycles. The Morgan fingerprint density at radius 3 is 2.14 bits per heavy atom. The van der Waals surface area contributed by atoms with Gasteiger partial charge in [-0.3, -0.25) is 4.79 Å². The molecule has 5 aliphatic carbocycles. The molecule has 5 aliphatic rings. The van der Waals surface area contributed by atoms with E-state index in [1.807, 2.05) is 0 Å². The molecule has 0 aromatic carbocycles. The van der Waals surface area contributed by atoms with Crippen LogP contribution in [0.25, 0.3) is 0 Å². The summed E-state index contributed by atoms with van der Waals surface area (Å²) in [5.41, 5.74) is -0.0118. The number of rotatable bonds is 4. The van der Waals surface area contributed by atoms with E-state index in [1.54, 1.807) is 0 Å². The first-order chi connectivity index (χ1) is 10.2. The molecule has 0 saturated heterocycles. The molecule has 2 unspecified atom stereocenters. The maximum absolute atomic E-state index is 12.9. The van der Waals surface area contributed by atoms with Crippen LogP contribution in [0.3, 0.4) is 0 Å². The van der Waals surface area contributed by atoms with Gasteiger partial charge in [-0.25, -0.2) is 0 Å². The molecular formula is C18H29NO2. The molecule has 2 N–H and O–H groups in total. The average Bonchev–Trinajstić information content (AvgIpc) is 2.90. The highest BCUT2D eigenvalue weighted by molar-refractivity contribution is 5.83. The van der Waals surface area contributed by atoms with Crippen molar-refractivity contribution >= 4 is 5.91 Å². The molecule has 2 atom stereocenters. The molecule has 118 valence electrons. The number of carbonyl (C=O) groups excluding carboxylic acids is 1. The van der Waals surface area contributed by atoms with Crippen molar-refractivity contribution in [1.82, 2.24) is 5.32 Å². The molecule has 21 heavy (non-hydrogen) atoms. The lowest BCUT2D eigenvalue weighted by molar-refractivity contribution is -0.146. The first-order valence-electron chi connectivity index (χ1n) is 9.08. The summed E-state index contributed by atoms with van der Waals surface area (Å²) in [4.78, 5) is 12.9. The molecule has 0 heterocycles. The summed E-state index contributed by atoms with van der Waals surface area (Å²) in [6.45, 7) is 1.09. The number of aliphatic hydroxyl groups is 1. The first kappa shape index (κ1) is 14.0. The van der Waals surface area contributed by atoms with Crippen molar-refractivity contribution < 1.29 is 9.90 Å². The van der Waals surface area contributed by atoms with Gasteiger partial charge in [0, 0.05) is 18.6 Å². The summed E-state index contributed by atoms with van der Waals surface area (Å²) in [6, 6.07) is 0. The number of hydrogen-bond acceptors (Lipinski definition) is 2. The Balaban J connectivity index is 1.39. The van der Waals surface area contributed by atoms with Crippen LogP contribution < -0.4 is 5.32 Å². The SMILES string of the molecule is O=C(NCC1CCCC1CO)C12CC3CC(CC(C3)C1)C2. The second-order valence-corrected chi connectivity index (χ2v) is 8.54. The van der Waals surface area contributed by atoms with Crippen LogP contribution in [0.1, 0.15) is 57.8 Å². The summed E-state index contributed by atoms with van der Waals surface area (Å²) in [5, 5.41) is 12.7. The van der Waals surface area contributed by atoms with Crippen molar-refractivity contribution in [2.45, 2.75) is 57.8 Å². The monoisotopic (exact) mass is 291 g/mol. The van der Waals surface area contributed by atoms with E-state index in [9.17, 15) is 9.90 Å². The Morgan fingerprint density at radius 1 is 1.00 bits per heavy atom. The number of carbonyl (C=O) groups is 1. The highest BCUT2D eigenvalue weighted by Gasteiger charge is 2.54.